The summed E-state index contributed by atoms with van der Waals surface area (Å²) in [6, 6.07) is 21.3. The predicted octanol–water partition coefficient (Wildman–Crippen LogP) is 7.13. The molecule has 1 saturated heterocycles. The minimum Gasteiger partial charge on any atom is -0.298 e. The van der Waals surface area contributed by atoms with Gasteiger partial charge in [-0.1, -0.05) is 71.7 Å². The largest absolute Gasteiger partial charge is 0.298 e. The van der Waals surface area contributed by atoms with Gasteiger partial charge in [0.2, 0.25) is 0 Å². The van der Waals surface area contributed by atoms with Crippen molar-refractivity contribution in [2.75, 3.05) is 13.1 Å². The molecule has 148 valence electrons. The van der Waals surface area contributed by atoms with Crippen LogP contribution in [-0.4, -0.2) is 18.0 Å². The standard InChI is InChI=1S/C26H25Cl2N/c1-17-11-20(22-8-7-21(27)14-26(22)28)13-24-23(17)12-19-9-10-29(16-25(19)24)15-18-5-3-2-4-6-18/h2-8,11,13-14,19,25H,9-10,12,15-16H2,1H3. The Labute approximate surface area is 183 Å². The van der Waals surface area contributed by atoms with Crippen molar-refractivity contribution in [1.82, 2.24) is 4.90 Å². The number of benzene rings is 3. The van der Waals surface area contributed by atoms with E-state index < -0.39 is 0 Å². The lowest BCUT2D eigenvalue weighted by Crippen LogP contribution is -2.37. The number of piperidine rings is 1. The number of nitrogens with zero attached hydrogens (tertiary/aromatic N) is 1. The first-order valence-electron chi connectivity index (χ1n) is 10.4. The van der Waals surface area contributed by atoms with Crippen LogP contribution in [0.4, 0.5) is 0 Å². The van der Waals surface area contributed by atoms with E-state index in [0.717, 1.165) is 29.6 Å². The quantitative estimate of drug-likeness (QED) is 0.434. The van der Waals surface area contributed by atoms with Crippen molar-refractivity contribution in [3.05, 3.63) is 93.0 Å². The highest BCUT2D eigenvalue weighted by Gasteiger charge is 2.37. The van der Waals surface area contributed by atoms with E-state index in [1.807, 2.05) is 18.2 Å². The maximum Gasteiger partial charge on any atom is 0.0499 e. The van der Waals surface area contributed by atoms with Crippen molar-refractivity contribution in [2.45, 2.75) is 32.2 Å². The summed E-state index contributed by atoms with van der Waals surface area (Å²) in [6.07, 6.45) is 2.50. The summed E-state index contributed by atoms with van der Waals surface area (Å²) >= 11 is 12.6. The van der Waals surface area contributed by atoms with Crippen molar-refractivity contribution in [2.24, 2.45) is 5.92 Å². The molecule has 1 heterocycles. The van der Waals surface area contributed by atoms with Crippen LogP contribution in [0.2, 0.25) is 10.0 Å². The topological polar surface area (TPSA) is 3.24 Å². The molecule has 1 aliphatic carbocycles. The first-order chi connectivity index (χ1) is 14.1. The van der Waals surface area contributed by atoms with Crippen LogP contribution in [0, 0.1) is 12.8 Å². The third kappa shape index (κ3) is 3.72. The van der Waals surface area contributed by atoms with E-state index >= 15 is 0 Å². The number of hydrogen-bond donors (Lipinski definition) is 0. The van der Waals surface area contributed by atoms with Gasteiger partial charge in [0.05, 0.1) is 0 Å². The fourth-order valence-electron chi connectivity index (χ4n) is 5.25. The smallest absolute Gasteiger partial charge is 0.0499 e. The Morgan fingerprint density at radius 1 is 1.00 bits per heavy atom. The molecular formula is C26H25Cl2N. The van der Waals surface area contributed by atoms with E-state index in [0.29, 0.717) is 10.9 Å². The number of likely N-dealkylation sites (tertiary alicyclic amines) is 1. The Morgan fingerprint density at radius 2 is 1.83 bits per heavy atom. The summed E-state index contributed by atoms with van der Waals surface area (Å²) in [7, 11) is 0. The zero-order valence-corrected chi connectivity index (χ0v) is 18.2. The summed E-state index contributed by atoms with van der Waals surface area (Å²) in [6.45, 7) is 5.63. The Kier molecular flexibility index (Phi) is 5.16. The van der Waals surface area contributed by atoms with Crippen LogP contribution < -0.4 is 0 Å². The third-order valence-corrected chi connectivity index (χ3v) is 7.25. The second kappa shape index (κ2) is 7.80. The average molecular weight is 422 g/mol. The van der Waals surface area contributed by atoms with E-state index in [-0.39, 0.29) is 0 Å². The lowest BCUT2D eigenvalue weighted by molar-refractivity contribution is 0.161. The lowest BCUT2D eigenvalue weighted by Gasteiger charge is -2.35. The number of fused-ring (bicyclic) bond motifs is 3. The van der Waals surface area contributed by atoms with E-state index in [1.165, 1.54) is 41.6 Å². The van der Waals surface area contributed by atoms with Crippen LogP contribution in [-0.2, 0) is 13.0 Å². The van der Waals surface area contributed by atoms with Crippen molar-refractivity contribution in [3.8, 4) is 11.1 Å². The maximum absolute atomic E-state index is 6.53. The molecule has 0 radical (unpaired) electrons. The van der Waals surface area contributed by atoms with E-state index in [4.69, 9.17) is 23.2 Å². The summed E-state index contributed by atoms with van der Waals surface area (Å²) in [5.41, 5.74) is 8.19. The number of halogens is 2. The zero-order chi connectivity index (χ0) is 20.0. The molecule has 0 bridgehead atoms. The average Bonchev–Trinajstić information content (AvgIpc) is 3.07. The second-order valence-electron chi connectivity index (χ2n) is 8.57. The molecule has 3 aromatic rings. The number of hydrogen-bond acceptors (Lipinski definition) is 1. The van der Waals surface area contributed by atoms with Gasteiger partial charge in [-0.15, -0.1) is 0 Å². The van der Waals surface area contributed by atoms with E-state index in [9.17, 15) is 0 Å². The highest BCUT2D eigenvalue weighted by Crippen LogP contribution is 2.46. The summed E-state index contributed by atoms with van der Waals surface area (Å²) in [5, 5.41) is 1.40. The molecule has 0 amide bonds. The lowest BCUT2D eigenvalue weighted by atomic mass is 9.85. The van der Waals surface area contributed by atoms with Gasteiger partial charge in [-0.2, -0.15) is 0 Å². The van der Waals surface area contributed by atoms with Gasteiger partial charge in [0.15, 0.2) is 0 Å². The van der Waals surface area contributed by atoms with Gasteiger partial charge < -0.3 is 0 Å². The molecule has 29 heavy (non-hydrogen) atoms. The van der Waals surface area contributed by atoms with Crippen LogP contribution in [0.3, 0.4) is 0 Å². The van der Waals surface area contributed by atoms with Crippen LogP contribution >= 0.6 is 23.2 Å². The molecule has 5 rings (SSSR count). The predicted molar refractivity (Wildman–Crippen MR) is 123 cm³/mol. The molecule has 0 saturated carbocycles. The van der Waals surface area contributed by atoms with E-state index in [2.05, 4.69) is 54.3 Å². The van der Waals surface area contributed by atoms with Gasteiger partial charge in [-0.05, 0) is 72.2 Å². The minimum absolute atomic E-state index is 0.618. The van der Waals surface area contributed by atoms with Gasteiger partial charge in [0.25, 0.3) is 0 Å². The Bertz CT molecular complexity index is 1040. The molecule has 0 spiro atoms. The summed E-state index contributed by atoms with van der Waals surface area (Å²) < 4.78 is 0. The van der Waals surface area contributed by atoms with Gasteiger partial charge in [0.1, 0.15) is 0 Å². The highest BCUT2D eigenvalue weighted by molar-refractivity contribution is 6.36. The summed E-state index contributed by atoms with van der Waals surface area (Å²) in [5.74, 6) is 1.39. The van der Waals surface area contributed by atoms with Gasteiger partial charge in [-0.3, -0.25) is 4.90 Å². The van der Waals surface area contributed by atoms with Gasteiger partial charge in [-0.25, -0.2) is 0 Å². The molecule has 1 aliphatic heterocycles. The SMILES string of the molecule is Cc1cc(-c2ccc(Cl)cc2Cl)cc2c1CC1CCN(Cc3ccccc3)CC21. The molecular weight excluding hydrogens is 397 g/mol. The fraction of sp³-hybridized carbons (Fsp3) is 0.308. The highest BCUT2D eigenvalue weighted by atomic mass is 35.5. The zero-order valence-electron chi connectivity index (χ0n) is 16.7. The first-order valence-corrected chi connectivity index (χ1v) is 11.2. The third-order valence-electron chi connectivity index (χ3n) is 6.70. The molecule has 1 nitrogen and oxygen atoms in total. The van der Waals surface area contributed by atoms with Crippen molar-refractivity contribution in [3.63, 3.8) is 0 Å². The maximum atomic E-state index is 6.53. The van der Waals surface area contributed by atoms with Gasteiger partial charge >= 0.3 is 0 Å². The molecule has 2 atom stereocenters. The van der Waals surface area contributed by atoms with Crippen molar-refractivity contribution < 1.29 is 0 Å². The number of rotatable bonds is 3. The summed E-state index contributed by atoms with van der Waals surface area (Å²) in [4.78, 5) is 2.63. The van der Waals surface area contributed by atoms with Crippen LogP contribution in [0.5, 0.6) is 0 Å². The van der Waals surface area contributed by atoms with Crippen molar-refractivity contribution >= 4 is 23.2 Å². The van der Waals surface area contributed by atoms with Crippen LogP contribution in [0.25, 0.3) is 11.1 Å². The second-order valence-corrected chi connectivity index (χ2v) is 9.41. The number of aryl methyl sites for hydroxylation is 1. The molecule has 3 aromatic carbocycles. The molecule has 0 N–H and O–H groups in total. The normalized spacial score (nSPS) is 21.1. The molecule has 2 unspecified atom stereocenters. The monoisotopic (exact) mass is 421 g/mol. The Hall–Kier alpha value is -1.80. The molecule has 0 aromatic heterocycles. The Balaban J connectivity index is 1.46. The van der Waals surface area contributed by atoms with Gasteiger partial charge in [0, 0.05) is 34.6 Å². The van der Waals surface area contributed by atoms with Crippen LogP contribution in [0.1, 0.15) is 34.6 Å². The van der Waals surface area contributed by atoms with Crippen LogP contribution in [0.15, 0.2) is 60.7 Å². The molecule has 1 fully saturated rings. The minimum atomic E-state index is 0.618. The van der Waals surface area contributed by atoms with E-state index in [1.54, 1.807) is 5.56 Å². The van der Waals surface area contributed by atoms with Crippen molar-refractivity contribution in [1.29, 1.82) is 0 Å². The fourth-order valence-corrected chi connectivity index (χ4v) is 5.76. The first kappa shape index (κ1) is 19.2. The molecule has 2 aliphatic rings. The molecule has 3 heteroatoms. The Morgan fingerprint density at radius 3 is 2.62 bits per heavy atom.